The Labute approximate surface area is 148 Å². The molecule has 0 unspecified atom stereocenters. The van der Waals surface area contributed by atoms with E-state index < -0.39 is 29.2 Å². The van der Waals surface area contributed by atoms with Crippen LogP contribution in [-0.2, 0) is 19.8 Å². The molecule has 1 amide bonds. The molecular formula is C16H13F3N4O4. The Bertz CT molecular complexity index is 1130. The number of alkyl halides is 3. The molecule has 142 valence electrons. The predicted molar refractivity (Wildman–Crippen MR) is 87.3 cm³/mol. The number of hydrogen-bond acceptors (Lipinski definition) is 5. The van der Waals surface area contributed by atoms with E-state index in [1.165, 1.54) is 6.07 Å². The lowest BCUT2D eigenvalue weighted by atomic mass is 10.2. The van der Waals surface area contributed by atoms with Crippen molar-refractivity contribution in [2.45, 2.75) is 12.7 Å². The first-order valence-corrected chi connectivity index (χ1v) is 7.70. The minimum Gasteiger partial charge on any atom is -0.422 e. The highest BCUT2D eigenvalue weighted by atomic mass is 19.4. The van der Waals surface area contributed by atoms with E-state index in [-0.39, 0.29) is 18.7 Å². The summed E-state index contributed by atoms with van der Waals surface area (Å²) in [6.07, 6.45) is -4.77. The molecule has 2 heterocycles. The highest BCUT2D eigenvalue weighted by molar-refractivity contribution is 5.96. The molecule has 3 rings (SSSR count). The average Bonchev–Trinajstić information content (AvgIpc) is 2.89. The topological polar surface area (TPSA) is 99.1 Å². The maximum atomic E-state index is 12.7. The maximum absolute atomic E-state index is 12.7. The fraction of sp³-hybridized carbons (Fsp3) is 0.250. The van der Waals surface area contributed by atoms with Crippen LogP contribution in [0.3, 0.4) is 0 Å². The third-order valence-corrected chi connectivity index (χ3v) is 3.79. The Kier molecular flexibility index (Phi) is 4.60. The Morgan fingerprint density at radius 2 is 1.96 bits per heavy atom. The number of carbonyl (C=O) groups excluding carboxylic acids is 1. The summed E-state index contributed by atoms with van der Waals surface area (Å²) in [6.45, 7) is -0.507. The number of para-hydroxylation sites is 1. The van der Waals surface area contributed by atoms with Crippen LogP contribution in [-0.4, -0.2) is 26.8 Å². The van der Waals surface area contributed by atoms with Crippen molar-refractivity contribution in [1.29, 1.82) is 0 Å². The van der Waals surface area contributed by atoms with Crippen molar-refractivity contribution in [3.8, 4) is 0 Å². The number of aromatic nitrogens is 3. The third-order valence-electron chi connectivity index (χ3n) is 3.79. The van der Waals surface area contributed by atoms with E-state index in [9.17, 15) is 27.6 Å². The van der Waals surface area contributed by atoms with E-state index in [4.69, 9.17) is 4.42 Å². The van der Waals surface area contributed by atoms with Gasteiger partial charge in [-0.25, -0.2) is 14.3 Å². The van der Waals surface area contributed by atoms with Gasteiger partial charge in [-0.05, 0) is 12.1 Å². The normalized spacial score (nSPS) is 11.7. The SMILES string of the molecule is Cn1c(C(F)(F)F)nn(CCNC(=O)c2cc3ccccc3oc2=O)c1=O. The molecule has 0 spiro atoms. The molecule has 3 aromatic rings. The summed E-state index contributed by atoms with van der Waals surface area (Å²) in [5, 5.41) is 6.12. The first kappa shape index (κ1) is 18.4. The van der Waals surface area contributed by atoms with Crippen LogP contribution in [0, 0.1) is 0 Å². The van der Waals surface area contributed by atoms with Crippen LogP contribution in [0.4, 0.5) is 13.2 Å². The summed E-state index contributed by atoms with van der Waals surface area (Å²) < 4.78 is 44.2. The Morgan fingerprint density at radius 1 is 1.26 bits per heavy atom. The zero-order valence-corrected chi connectivity index (χ0v) is 13.9. The number of rotatable bonds is 4. The minimum atomic E-state index is -4.77. The van der Waals surface area contributed by atoms with E-state index in [1.807, 2.05) is 0 Å². The van der Waals surface area contributed by atoms with Gasteiger partial charge in [-0.1, -0.05) is 18.2 Å². The van der Waals surface area contributed by atoms with Gasteiger partial charge in [0.05, 0.1) is 6.54 Å². The van der Waals surface area contributed by atoms with E-state index >= 15 is 0 Å². The van der Waals surface area contributed by atoms with Gasteiger partial charge in [0, 0.05) is 19.0 Å². The number of nitrogens with one attached hydrogen (secondary N) is 1. The third kappa shape index (κ3) is 3.61. The number of benzene rings is 1. The van der Waals surface area contributed by atoms with Crippen LogP contribution < -0.4 is 16.6 Å². The van der Waals surface area contributed by atoms with E-state index in [1.54, 1.807) is 24.3 Å². The summed E-state index contributed by atoms with van der Waals surface area (Å²) in [7, 11) is 0.952. The van der Waals surface area contributed by atoms with Gasteiger partial charge in [0.1, 0.15) is 11.1 Å². The minimum absolute atomic E-state index is 0.209. The average molecular weight is 382 g/mol. The second kappa shape index (κ2) is 6.74. The molecule has 1 aromatic carbocycles. The van der Waals surface area contributed by atoms with Crippen LogP contribution >= 0.6 is 0 Å². The smallest absolute Gasteiger partial charge is 0.422 e. The van der Waals surface area contributed by atoms with E-state index in [2.05, 4.69) is 10.4 Å². The zero-order chi connectivity index (χ0) is 19.8. The van der Waals surface area contributed by atoms with Gasteiger partial charge in [-0.15, -0.1) is 5.10 Å². The monoisotopic (exact) mass is 382 g/mol. The fourth-order valence-corrected chi connectivity index (χ4v) is 2.47. The van der Waals surface area contributed by atoms with E-state index in [0.29, 0.717) is 20.2 Å². The van der Waals surface area contributed by atoms with Gasteiger partial charge in [0.2, 0.25) is 5.82 Å². The Balaban J connectivity index is 1.73. The molecule has 1 N–H and O–H groups in total. The number of carbonyl (C=O) groups is 1. The number of halogens is 3. The van der Waals surface area contributed by atoms with Crippen molar-refractivity contribution in [3.63, 3.8) is 0 Å². The van der Waals surface area contributed by atoms with Gasteiger partial charge < -0.3 is 9.73 Å². The van der Waals surface area contributed by atoms with Crippen molar-refractivity contribution in [2.75, 3.05) is 6.54 Å². The van der Waals surface area contributed by atoms with Crippen LogP contribution in [0.15, 0.2) is 44.3 Å². The van der Waals surface area contributed by atoms with Crippen molar-refractivity contribution in [1.82, 2.24) is 19.7 Å². The van der Waals surface area contributed by atoms with Gasteiger partial charge >= 0.3 is 17.5 Å². The van der Waals surface area contributed by atoms with Crippen molar-refractivity contribution in [2.24, 2.45) is 7.05 Å². The second-order valence-corrected chi connectivity index (χ2v) is 5.63. The van der Waals surface area contributed by atoms with Gasteiger partial charge in [0.15, 0.2) is 0 Å². The molecule has 0 saturated carbocycles. The van der Waals surface area contributed by atoms with Crippen LogP contribution in [0.1, 0.15) is 16.2 Å². The van der Waals surface area contributed by atoms with Crippen LogP contribution in [0.2, 0.25) is 0 Å². The van der Waals surface area contributed by atoms with Crippen LogP contribution in [0.5, 0.6) is 0 Å². The molecule has 0 atom stereocenters. The molecule has 0 radical (unpaired) electrons. The van der Waals surface area contributed by atoms with Crippen molar-refractivity contribution in [3.05, 3.63) is 62.6 Å². The summed E-state index contributed by atoms with van der Waals surface area (Å²) in [5.41, 5.74) is -1.75. The highest BCUT2D eigenvalue weighted by Gasteiger charge is 2.37. The van der Waals surface area contributed by atoms with Crippen LogP contribution in [0.25, 0.3) is 11.0 Å². The lowest BCUT2D eigenvalue weighted by Gasteiger charge is -2.05. The Morgan fingerprint density at radius 3 is 2.63 bits per heavy atom. The fourth-order valence-electron chi connectivity index (χ4n) is 2.47. The molecule has 0 saturated heterocycles. The van der Waals surface area contributed by atoms with Gasteiger partial charge in [0.25, 0.3) is 5.91 Å². The molecule has 2 aromatic heterocycles. The second-order valence-electron chi connectivity index (χ2n) is 5.63. The number of nitrogens with zero attached hydrogens (tertiary/aromatic N) is 3. The zero-order valence-electron chi connectivity index (χ0n) is 13.9. The first-order valence-electron chi connectivity index (χ1n) is 7.70. The molecule has 0 bridgehead atoms. The lowest BCUT2D eigenvalue weighted by molar-refractivity contribution is -0.147. The highest BCUT2D eigenvalue weighted by Crippen LogP contribution is 2.25. The molecule has 0 aliphatic carbocycles. The maximum Gasteiger partial charge on any atom is 0.451 e. The quantitative estimate of drug-likeness (QED) is 0.682. The molecule has 8 nitrogen and oxygen atoms in total. The summed E-state index contributed by atoms with van der Waals surface area (Å²) >= 11 is 0. The number of hydrogen-bond donors (Lipinski definition) is 1. The predicted octanol–water partition coefficient (Wildman–Crippen LogP) is 1.14. The Hall–Kier alpha value is -3.37. The molecule has 27 heavy (non-hydrogen) atoms. The lowest BCUT2D eigenvalue weighted by Crippen LogP contribution is -2.33. The van der Waals surface area contributed by atoms with E-state index in [0.717, 1.165) is 7.05 Å². The molecule has 0 aliphatic rings. The summed E-state index contributed by atoms with van der Waals surface area (Å²) in [6, 6.07) is 7.96. The largest absolute Gasteiger partial charge is 0.451 e. The first-order chi connectivity index (χ1) is 12.7. The van der Waals surface area contributed by atoms with Crippen molar-refractivity contribution >= 4 is 16.9 Å². The number of fused-ring (bicyclic) bond motifs is 1. The van der Waals surface area contributed by atoms with Gasteiger partial charge in [-0.3, -0.25) is 9.36 Å². The summed E-state index contributed by atoms with van der Waals surface area (Å²) in [5.74, 6) is -2.11. The van der Waals surface area contributed by atoms with Gasteiger partial charge in [-0.2, -0.15) is 13.2 Å². The molecular weight excluding hydrogens is 369 g/mol. The molecule has 0 aliphatic heterocycles. The molecule has 0 fully saturated rings. The van der Waals surface area contributed by atoms with Crippen molar-refractivity contribution < 1.29 is 22.4 Å². The summed E-state index contributed by atoms with van der Waals surface area (Å²) in [4.78, 5) is 35.8. The molecule has 11 heteroatoms. The number of amides is 1. The standard InChI is InChI=1S/C16H13F3N4O4/c1-22-14(16(17,18)19)21-23(15(22)26)7-6-20-12(24)10-8-9-4-2-3-5-11(9)27-13(10)25/h2-5,8H,6-7H2,1H3,(H,20,24).